The highest BCUT2D eigenvalue weighted by atomic mass is 35.5. The summed E-state index contributed by atoms with van der Waals surface area (Å²) in [5.74, 6) is 0.176. The van der Waals surface area contributed by atoms with Crippen LogP contribution < -0.4 is 5.32 Å². The predicted molar refractivity (Wildman–Crippen MR) is 99.9 cm³/mol. The van der Waals surface area contributed by atoms with Gasteiger partial charge in [-0.05, 0) is 45.8 Å². The summed E-state index contributed by atoms with van der Waals surface area (Å²) in [5, 5.41) is 7.32. The minimum Gasteiger partial charge on any atom is -0.341 e. The summed E-state index contributed by atoms with van der Waals surface area (Å²) < 4.78 is 1.74. The van der Waals surface area contributed by atoms with E-state index in [9.17, 15) is 4.79 Å². The normalized spacial score (nSPS) is 20.3. The van der Waals surface area contributed by atoms with Gasteiger partial charge in [0, 0.05) is 37.9 Å². The number of aromatic nitrogens is 2. The lowest BCUT2D eigenvalue weighted by Crippen LogP contribution is -2.48. The molecule has 2 fully saturated rings. The second-order valence-corrected chi connectivity index (χ2v) is 6.47. The van der Waals surface area contributed by atoms with E-state index in [1.807, 2.05) is 25.2 Å². The third-order valence-electron chi connectivity index (χ3n) is 5.03. The smallest absolute Gasteiger partial charge is 0.244 e. The highest BCUT2D eigenvalue weighted by molar-refractivity contribution is 5.85. The Morgan fingerprint density at radius 1 is 1.21 bits per heavy atom. The van der Waals surface area contributed by atoms with Crippen LogP contribution in [0.25, 0.3) is 0 Å². The highest BCUT2D eigenvalue weighted by Crippen LogP contribution is 2.23. The fraction of sp³-hybridized carbons (Fsp3) is 0.750. The molecule has 8 heteroatoms. The molecule has 138 valence electrons. The van der Waals surface area contributed by atoms with Gasteiger partial charge in [-0.15, -0.1) is 24.8 Å². The Kier molecular flexibility index (Phi) is 8.50. The predicted octanol–water partition coefficient (Wildman–Crippen LogP) is 1.61. The van der Waals surface area contributed by atoms with Gasteiger partial charge >= 0.3 is 0 Å². The van der Waals surface area contributed by atoms with Crippen molar-refractivity contribution >= 4 is 30.7 Å². The average molecular weight is 378 g/mol. The number of amides is 1. The molecule has 0 aliphatic carbocycles. The van der Waals surface area contributed by atoms with Crippen molar-refractivity contribution < 1.29 is 4.79 Å². The molecule has 0 aromatic carbocycles. The number of carbonyl (C=O) groups excluding carboxylic acids is 1. The number of nitrogens with zero attached hydrogens (tertiary/aromatic N) is 4. The van der Waals surface area contributed by atoms with E-state index in [1.54, 1.807) is 10.9 Å². The molecule has 0 radical (unpaired) electrons. The van der Waals surface area contributed by atoms with Gasteiger partial charge in [-0.3, -0.25) is 9.48 Å². The Labute approximate surface area is 156 Å². The molecule has 1 aromatic rings. The summed E-state index contributed by atoms with van der Waals surface area (Å²) in [6, 6.07) is 0.398. The van der Waals surface area contributed by atoms with Gasteiger partial charge in [0.05, 0.1) is 6.20 Å². The molecule has 2 aliphatic heterocycles. The topological polar surface area (TPSA) is 53.4 Å². The van der Waals surface area contributed by atoms with E-state index in [1.165, 1.54) is 25.9 Å². The molecule has 3 heterocycles. The van der Waals surface area contributed by atoms with E-state index in [0.29, 0.717) is 6.04 Å². The summed E-state index contributed by atoms with van der Waals surface area (Å²) in [6.07, 6.45) is 8.57. The first-order valence-corrected chi connectivity index (χ1v) is 8.37. The number of rotatable bonds is 4. The molecule has 0 spiro atoms. The second kappa shape index (κ2) is 9.61. The summed E-state index contributed by atoms with van der Waals surface area (Å²) >= 11 is 0. The number of aryl methyl sites for hydroxylation is 1. The number of piperidine rings is 1. The number of likely N-dealkylation sites (tertiary alicyclic amines) is 2. The molecular weight excluding hydrogens is 349 g/mol. The summed E-state index contributed by atoms with van der Waals surface area (Å²) in [7, 11) is 3.72. The lowest BCUT2D eigenvalue weighted by molar-refractivity contribution is -0.135. The minimum absolute atomic E-state index is 0. The van der Waals surface area contributed by atoms with Gasteiger partial charge in [-0.25, -0.2) is 0 Å². The molecule has 3 rings (SSSR count). The van der Waals surface area contributed by atoms with E-state index < -0.39 is 0 Å². The van der Waals surface area contributed by atoms with Gasteiger partial charge in [0.15, 0.2) is 0 Å². The first-order valence-electron chi connectivity index (χ1n) is 8.37. The number of halogens is 2. The molecule has 6 nitrogen and oxygen atoms in total. The maximum absolute atomic E-state index is 12.8. The zero-order valence-corrected chi connectivity index (χ0v) is 16.1. The van der Waals surface area contributed by atoms with Crippen LogP contribution in [0.5, 0.6) is 0 Å². The van der Waals surface area contributed by atoms with Crippen LogP contribution in [0.1, 0.15) is 37.3 Å². The van der Waals surface area contributed by atoms with Gasteiger partial charge in [-0.1, -0.05) is 0 Å². The standard InChI is InChI=1S/C16H27N5O.2ClH/c1-17-15(13-11-18-19(2)12-13)16(22)21-9-5-14(6-10-21)20-7-3-4-8-20;;/h11-12,14-15,17H,3-10H2,1-2H3;2*1H. The monoisotopic (exact) mass is 377 g/mol. The van der Waals surface area contributed by atoms with Crippen molar-refractivity contribution in [1.82, 2.24) is 24.9 Å². The van der Waals surface area contributed by atoms with Crippen LogP contribution in [0.4, 0.5) is 0 Å². The molecule has 1 N–H and O–H groups in total. The lowest BCUT2D eigenvalue weighted by Gasteiger charge is -2.37. The van der Waals surface area contributed by atoms with Gasteiger partial charge in [0.25, 0.3) is 0 Å². The molecule has 1 unspecified atom stereocenters. The Morgan fingerprint density at radius 3 is 2.33 bits per heavy atom. The highest BCUT2D eigenvalue weighted by Gasteiger charge is 2.31. The Hall–Kier alpha value is -0.820. The van der Waals surface area contributed by atoms with E-state index in [2.05, 4.69) is 15.3 Å². The third kappa shape index (κ3) is 4.63. The van der Waals surface area contributed by atoms with E-state index in [0.717, 1.165) is 31.5 Å². The third-order valence-corrected chi connectivity index (χ3v) is 5.03. The minimum atomic E-state index is -0.281. The quantitative estimate of drug-likeness (QED) is 0.865. The van der Waals surface area contributed by atoms with Gasteiger partial charge in [0.1, 0.15) is 6.04 Å². The number of carbonyl (C=O) groups is 1. The molecular formula is C16H29Cl2N5O. The van der Waals surface area contributed by atoms with Crippen molar-refractivity contribution in [3.63, 3.8) is 0 Å². The van der Waals surface area contributed by atoms with Gasteiger partial charge in [-0.2, -0.15) is 5.10 Å². The molecule has 1 aromatic heterocycles. The van der Waals surface area contributed by atoms with Crippen LogP contribution in [0, 0.1) is 0 Å². The van der Waals surface area contributed by atoms with Crippen molar-refractivity contribution in [3.8, 4) is 0 Å². The van der Waals surface area contributed by atoms with Crippen LogP contribution in [-0.2, 0) is 11.8 Å². The van der Waals surface area contributed by atoms with E-state index >= 15 is 0 Å². The van der Waals surface area contributed by atoms with Crippen molar-refractivity contribution in [1.29, 1.82) is 0 Å². The first kappa shape index (κ1) is 21.2. The largest absolute Gasteiger partial charge is 0.341 e. The number of likely N-dealkylation sites (N-methyl/N-ethyl adjacent to an activating group) is 1. The maximum atomic E-state index is 12.8. The van der Waals surface area contributed by atoms with Crippen molar-refractivity contribution in [2.24, 2.45) is 7.05 Å². The van der Waals surface area contributed by atoms with Crippen LogP contribution in [0.15, 0.2) is 12.4 Å². The summed E-state index contributed by atoms with van der Waals surface area (Å²) in [4.78, 5) is 17.4. The first-order chi connectivity index (χ1) is 10.7. The van der Waals surface area contributed by atoms with Crippen molar-refractivity contribution in [2.45, 2.75) is 37.8 Å². The van der Waals surface area contributed by atoms with Crippen LogP contribution >= 0.6 is 24.8 Å². The van der Waals surface area contributed by atoms with Crippen molar-refractivity contribution in [3.05, 3.63) is 18.0 Å². The molecule has 24 heavy (non-hydrogen) atoms. The van der Waals surface area contributed by atoms with Crippen LogP contribution in [0.2, 0.25) is 0 Å². The molecule has 2 saturated heterocycles. The Bertz CT molecular complexity index is 510. The molecule has 0 saturated carbocycles. The Morgan fingerprint density at radius 2 is 1.83 bits per heavy atom. The summed E-state index contributed by atoms with van der Waals surface area (Å²) in [6.45, 7) is 4.23. The molecule has 1 amide bonds. The molecule has 0 bridgehead atoms. The lowest BCUT2D eigenvalue weighted by atomic mass is 10.0. The Balaban J connectivity index is 0.00000144. The van der Waals surface area contributed by atoms with Gasteiger partial charge in [0.2, 0.25) is 5.91 Å². The number of hydrogen-bond donors (Lipinski definition) is 1. The van der Waals surface area contributed by atoms with E-state index in [-0.39, 0.29) is 36.8 Å². The van der Waals surface area contributed by atoms with Crippen molar-refractivity contribution in [2.75, 3.05) is 33.2 Å². The second-order valence-electron chi connectivity index (χ2n) is 6.47. The fourth-order valence-electron chi connectivity index (χ4n) is 3.76. The number of nitrogens with one attached hydrogen (secondary N) is 1. The molecule has 2 aliphatic rings. The SMILES string of the molecule is CNC(C(=O)N1CCC(N2CCCC2)CC1)c1cnn(C)c1.Cl.Cl. The number of hydrogen-bond acceptors (Lipinski definition) is 4. The maximum Gasteiger partial charge on any atom is 0.244 e. The van der Waals surface area contributed by atoms with Gasteiger partial charge < -0.3 is 15.1 Å². The van der Waals surface area contributed by atoms with Crippen LogP contribution in [-0.4, -0.2) is 64.8 Å². The van der Waals surface area contributed by atoms with E-state index in [4.69, 9.17) is 0 Å². The zero-order valence-electron chi connectivity index (χ0n) is 14.5. The summed E-state index contributed by atoms with van der Waals surface area (Å²) in [5.41, 5.74) is 0.941. The van der Waals surface area contributed by atoms with Crippen LogP contribution in [0.3, 0.4) is 0 Å². The zero-order chi connectivity index (χ0) is 15.5. The fourth-order valence-corrected chi connectivity index (χ4v) is 3.76. The molecule has 1 atom stereocenters. The average Bonchev–Trinajstić information content (AvgIpc) is 3.20.